The Balaban J connectivity index is 1.41. The Hall–Kier alpha value is -3.92. The van der Waals surface area contributed by atoms with Gasteiger partial charge in [0.1, 0.15) is 17.1 Å². The normalized spacial score (nSPS) is 18.6. The van der Waals surface area contributed by atoms with E-state index in [1.54, 1.807) is 30.5 Å². The molecule has 0 unspecified atom stereocenters. The molecule has 0 saturated heterocycles. The zero-order valence-corrected chi connectivity index (χ0v) is 19.7. The Morgan fingerprint density at radius 3 is 2.64 bits per heavy atom. The van der Waals surface area contributed by atoms with Crippen LogP contribution in [0.3, 0.4) is 0 Å². The van der Waals surface area contributed by atoms with Gasteiger partial charge in [0.2, 0.25) is 0 Å². The van der Waals surface area contributed by atoms with Crippen LogP contribution in [0.1, 0.15) is 43.4 Å². The van der Waals surface area contributed by atoms with Gasteiger partial charge >= 0.3 is 0 Å². The fraction of sp³-hybridized carbons (Fsp3) is 0.308. The molecule has 4 heterocycles. The number of ether oxygens (including phenoxy) is 1. The predicted octanol–water partition coefficient (Wildman–Crippen LogP) is 4.06. The molecule has 6 rings (SSSR count). The number of pyridine rings is 1. The molecule has 0 bridgehead atoms. The number of nitrogens with zero attached hydrogens (tertiary/aromatic N) is 5. The molecular weight excluding hydrogens is 468 g/mol. The first-order valence-electron chi connectivity index (χ1n) is 11.7. The molecular formula is C26H23F2N5O3. The highest BCUT2D eigenvalue weighted by atomic mass is 19.1. The smallest absolute Gasteiger partial charge is 0.268 e. The first-order chi connectivity index (χ1) is 17.2. The second-order valence-corrected chi connectivity index (χ2v) is 9.36. The van der Waals surface area contributed by atoms with Crippen LogP contribution in [0.5, 0.6) is 5.75 Å². The zero-order chi connectivity index (χ0) is 25.2. The van der Waals surface area contributed by atoms with Crippen LogP contribution in [0.4, 0.5) is 14.5 Å². The van der Waals surface area contributed by atoms with Crippen molar-refractivity contribution in [3.05, 3.63) is 71.7 Å². The van der Waals surface area contributed by atoms with E-state index in [1.165, 1.54) is 35.5 Å². The van der Waals surface area contributed by atoms with Crippen molar-refractivity contribution < 1.29 is 23.4 Å². The first kappa shape index (κ1) is 22.5. The molecule has 8 nitrogen and oxygen atoms in total. The lowest BCUT2D eigenvalue weighted by atomic mass is 9.79. The van der Waals surface area contributed by atoms with Gasteiger partial charge in [0.15, 0.2) is 23.5 Å². The fourth-order valence-electron chi connectivity index (χ4n) is 4.78. The Labute approximate surface area is 205 Å². The number of carbonyl (C=O) groups is 1. The molecule has 1 N–H and O–H groups in total. The van der Waals surface area contributed by atoms with E-state index >= 15 is 4.39 Å². The van der Waals surface area contributed by atoms with Crippen molar-refractivity contribution in [1.29, 1.82) is 0 Å². The van der Waals surface area contributed by atoms with Crippen molar-refractivity contribution in [3.63, 3.8) is 0 Å². The maximum absolute atomic E-state index is 15.1. The molecule has 10 heteroatoms. The minimum Gasteiger partial charge on any atom is -0.476 e. The van der Waals surface area contributed by atoms with Crippen LogP contribution in [-0.4, -0.2) is 36.5 Å². The molecule has 1 atom stereocenters. The lowest BCUT2D eigenvalue weighted by Crippen LogP contribution is -2.44. The molecule has 0 spiro atoms. The topological polar surface area (TPSA) is 92.9 Å². The molecule has 184 valence electrons. The van der Waals surface area contributed by atoms with Crippen LogP contribution in [0.2, 0.25) is 0 Å². The minimum absolute atomic E-state index is 0.0214. The van der Waals surface area contributed by atoms with E-state index in [4.69, 9.17) is 4.74 Å². The van der Waals surface area contributed by atoms with Gasteiger partial charge in [-0.05, 0) is 45.2 Å². The summed E-state index contributed by atoms with van der Waals surface area (Å²) in [6.07, 6.45) is 5.86. The van der Waals surface area contributed by atoms with E-state index in [0.29, 0.717) is 47.0 Å². The number of carbonyl (C=O) groups excluding carboxylic acids is 1. The summed E-state index contributed by atoms with van der Waals surface area (Å²) in [6, 6.07) is 5.74. The third-order valence-corrected chi connectivity index (χ3v) is 7.02. The fourth-order valence-corrected chi connectivity index (χ4v) is 4.78. The van der Waals surface area contributed by atoms with Crippen molar-refractivity contribution in [1.82, 2.24) is 19.4 Å². The van der Waals surface area contributed by atoms with Crippen LogP contribution in [-0.2, 0) is 16.9 Å². The predicted molar refractivity (Wildman–Crippen MR) is 126 cm³/mol. The van der Waals surface area contributed by atoms with Crippen LogP contribution in [0, 0.1) is 18.6 Å². The average molecular weight is 491 g/mol. The molecule has 1 amide bonds. The van der Waals surface area contributed by atoms with Gasteiger partial charge < -0.3 is 14.2 Å². The third-order valence-electron chi connectivity index (χ3n) is 7.02. The number of benzene rings is 1. The van der Waals surface area contributed by atoms with Gasteiger partial charge in [-0.15, -0.1) is 0 Å². The average Bonchev–Trinajstić information content (AvgIpc) is 3.14. The van der Waals surface area contributed by atoms with E-state index in [0.717, 1.165) is 6.42 Å². The lowest BCUT2D eigenvalue weighted by Gasteiger charge is -2.34. The van der Waals surface area contributed by atoms with Crippen LogP contribution < -0.4 is 9.64 Å². The highest BCUT2D eigenvalue weighted by molar-refractivity contribution is 5.99. The number of rotatable bonds is 4. The number of halogens is 2. The Kier molecular flexibility index (Phi) is 5.04. The number of hydrogen-bond acceptors (Lipinski definition) is 6. The molecule has 1 aliphatic carbocycles. The van der Waals surface area contributed by atoms with Gasteiger partial charge in [-0.3, -0.25) is 9.69 Å². The number of imidazole rings is 1. The van der Waals surface area contributed by atoms with Gasteiger partial charge in [-0.1, -0.05) is 6.07 Å². The van der Waals surface area contributed by atoms with Crippen molar-refractivity contribution in [3.8, 4) is 16.9 Å². The monoisotopic (exact) mass is 491 g/mol. The van der Waals surface area contributed by atoms with E-state index in [-0.39, 0.29) is 23.8 Å². The van der Waals surface area contributed by atoms with Crippen molar-refractivity contribution in [2.24, 2.45) is 0 Å². The summed E-state index contributed by atoms with van der Waals surface area (Å²) < 4.78 is 36.7. The Morgan fingerprint density at radius 2 is 1.94 bits per heavy atom. The van der Waals surface area contributed by atoms with Gasteiger partial charge in [0.25, 0.3) is 5.91 Å². The quantitative estimate of drug-likeness (QED) is 0.463. The molecule has 3 aromatic heterocycles. The lowest BCUT2D eigenvalue weighted by molar-refractivity contribution is -0.125. The number of anilines is 1. The maximum Gasteiger partial charge on any atom is 0.268 e. The van der Waals surface area contributed by atoms with Gasteiger partial charge in [0, 0.05) is 35.8 Å². The van der Waals surface area contributed by atoms with Gasteiger partial charge in [-0.2, -0.15) is 0 Å². The summed E-state index contributed by atoms with van der Waals surface area (Å²) >= 11 is 0. The van der Waals surface area contributed by atoms with Crippen LogP contribution in [0.15, 0.2) is 42.9 Å². The van der Waals surface area contributed by atoms with Crippen LogP contribution >= 0.6 is 0 Å². The second kappa shape index (κ2) is 8.06. The molecule has 0 radical (unpaired) electrons. The Bertz CT molecular complexity index is 1510. The summed E-state index contributed by atoms with van der Waals surface area (Å²) in [7, 11) is 0. The second-order valence-electron chi connectivity index (χ2n) is 9.36. The number of aryl methyl sites for hydroxylation is 1. The molecule has 1 saturated carbocycles. The number of aromatic nitrogens is 4. The van der Waals surface area contributed by atoms with Crippen LogP contribution in [0.25, 0.3) is 16.8 Å². The molecule has 1 aromatic carbocycles. The van der Waals surface area contributed by atoms with Gasteiger partial charge in [0.05, 0.1) is 23.6 Å². The number of fused-ring (bicyclic) bond motifs is 2. The van der Waals surface area contributed by atoms with Crippen molar-refractivity contribution in [2.75, 3.05) is 4.90 Å². The summed E-state index contributed by atoms with van der Waals surface area (Å²) in [5, 5.41) is 10.5. The molecule has 1 aliphatic heterocycles. The highest BCUT2D eigenvalue weighted by Gasteiger charge is 2.39. The van der Waals surface area contributed by atoms with E-state index in [1.807, 2.05) is 0 Å². The third kappa shape index (κ3) is 3.43. The summed E-state index contributed by atoms with van der Waals surface area (Å²) in [5.74, 6) is -1.01. The standard InChI is InChI=1S/C26H23F2N5O3/c1-14-21(13-33-20-6-3-5-18(27)23(20)36-15(2)24(33)34)32-12-17(19(28)9-22(32)31-14)16-10-29-25(30-11-16)26(35)7-4-8-26/h3,5-6,9-12,15,35H,4,7-8,13H2,1-2H3/t15-/m1/s1. The molecule has 2 aliphatic rings. The van der Waals surface area contributed by atoms with Crippen molar-refractivity contribution in [2.45, 2.75) is 51.4 Å². The largest absolute Gasteiger partial charge is 0.476 e. The summed E-state index contributed by atoms with van der Waals surface area (Å²) in [4.78, 5) is 27.5. The van der Waals surface area contributed by atoms with Gasteiger partial charge in [-0.25, -0.2) is 23.7 Å². The summed E-state index contributed by atoms with van der Waals surface area (Å²) in [5.41, 5.74) is 1.64. The minimum atomic E-state index is -1.01. The first-order valence-corrected chi connectivity index (χ1v) is 11.7. The number of hydrogen-bond donors (Lipinski definition) is 1. The molecule has 4 aromatic rings. The highest BCUT2D eigenvalue weighted by Crippen LogP contribution is 2.40. The van der Waals surface area contributed by atoms with E-state index in [9.17, 15) is 14.3 Å². The van der Waals surface area contributed by atoms with E-state index in [2.05, 4.69) is 15.0 Å². The Morgan fingerprint density at radius 1 is 1.19 bits per heavy atom. The SMILES string of the molecule is Cc1nc2cc(F)c(-c3cnc(C4(O)CCC4)nc3)cn2c1CN1C(=O)[C@@H](C)Oc2c(F)cccc21. The molecule has 1 fully saturated rings. The maximum atomic E-state index is 15.1. The number of para-hydroxylation sites is 1. The molecule has 36 heavy (non-hydrogen) atoms. The summed E-state index contributed by atoms with van der Waals surface area (Å²) in [6.45, 7) is 3.44. The van der Waals surface area contributed by atoms with Crippen molar-refractivity contribution >= 4 is 17.2 Å². The number of amides is 1. The number of aliphatic hydroxyl groups is 1. The van der Waals surface area contributed by atoms with E-state index < -0.39 is 23.3 Å². The zero-order valence-electron chi connectivity index (χ0n) is 19.7.